The predicted molar refractivity (Wildman–Crippen MR) is 145 cm³/mol. The first-order chi connectivity index (χ1) is 17.2. The van der Waals surface area contributed by atoms with Gasteiger partial charge in [0.15, 0.2) is 0 Å². The van der Waals surface area contributed by atoms with Gasteiger partial charge in [-0.05, 0) is 53.3 Å². The van der Waals surface area contributed by atoms with Gasteiger partial charge in [-0.3, -0.25) is 9.55 Å². The molecule has 0 spiro atoms. The first-order valence-corrected chi connectivity index (χ1v) is 16.2. The summed E-state index contributed by atoms with van der Waals surface area (Å²) in [6.07, 6.45) is 2.88. The summed E-state index contributed by atoms with van der Waals surface area (Å²) >= 11 is 4.51. The van der Waals surface area contributed by atoms with Gasteiger partial charge < -0.3 is 9.79 Å². The Bertz CT molecular complexity index is 1450. The summed E-state index contributed by atoms with van der Waals surface area (Å²) < 4.78 is 63.3. The molecule has 3 aromatic rings. The summed E-state index contributed by atoms with van der Waals surface area (Å²) in [7, 11) is -9.54. The van der Waals surface area contributed by atoms with Crippen LogP contribution in [-0.2, 0) is 44.6 Å². The number of nitrogens with zero attached hydrogens (tertiary/aromatic N) is 1. The van der Waals surface area contributed by atoms with Crippen LogP contribution in [0.3, 0.4) is 0 Å². The fraction of sp³-hybridized carbons (Fsp3) is 0.292. The van der Waals surface area contributed by atoms with Crippen LogP contribution >= 0.6 is 35.3 Å². The number of alkyl halides is 2. The van der Waals surface area contributed by atoms with Crippen molar-refractivity contribution in [1.82, 2.24) is 4.98 Å². The third-order valence-corrected chi connectivity index (χ3v) is 9.44. The maximum atomic E-state index is 14.0. The van der Waals surface area contributed by atoms with Crippen molar-refractivity contribution >= 4 is 45.3 Å². The molecule has 0 radical (unpaired) electrons. The van der Waals surface area contributed by atoms with Gasteiger partial charge in [-0.15, -0.1) is 0 Å². The Balaban J connectivity index is 1.76. The van der Waals surface area contributed by atoms with E-state index < -0.39 is 28.8 Å². The van der Waals surface area contributed by atoms with Gasteiger partial charge in [0.25, 0.3) is 0 Å². The average molecular weight is 635 g/mol. The smallest absolute Gasteiger partial charge is 0.320 e. The van der Waals surface area contributed by atoms with Crippen LogP contribution in [0.5, 0.6) is 0 Å². The predicted octanol–water partition coefficient (Wildman–Crippen LogP) is 5.94. The minimum Gasteiger partial charge on any atom is -0.320 e. The number of pyridine rings is 1. The number of benzene rings is 2. The monoisotopic (exact) mass is 634 g/mol. The van der Waals surface area contributed by atoms with E-state index in [2.05, 4.69) is 20.9 Å². The van der Waals surface area contributed by atoms with E-state index in [0.29, 0.717) is 41.2 Å². The van der Waals surface area contributed by atoms with Crippen LogP contribution in [0.1, 0.15) is 41.7 Å². The summed E-state index contributed by atoms with van der Waals surface area (Å²) in [5.74, 6) is 1.04. The number of nitrogens with two attached hydrogens (primary N) is 1. The number of aryl methyl sites for hydroxylation is 1. The van der Waals surface area contributed by atoms with Gasteiger partial charge >= 0.3 is 13.3 Å². The molecule has 1 aromatic heterocycles. The van der Waals surface area contributed by atoms with Gasteiger partial charge in [0.05, 0.1) is 10.6 Å². The quantitative estimate of drug-likeness (QED) is 0.235. The molecule has 200 valence electrons. The summed E-state index contributed by atoms with van der Waals surface area (Å²) in [5, 5.41) is 5.43. The topological polar surface area (TPSA) is 131 Å². The molecule has 0 bridgehead atoms. The molecule has 0 amide bonds. The number of primary sulfonamides is 1. The molecule has 0 aliphatic carbocycles. The molecule has 7 nitrogen and oxygen atoms in total. The van der Waals surface area contributed by atoms with Gasteiger partial charge in [0.1, 0.15) is 0 Å². The molecule has 0 saturated heterocycles. The van der Waals surface area contributed by atoms with E-state index in [1.807, 2.05) is 26.0 Å². The van der Waals surface area contributed by atoms with Crippen molar-refractivity contribution in [2.75, 3.05) is 0 Å². The van der Waals surface area contributed by atoms with Crippen LogP contribution in [0.25, 0.3) is 11.3 Å². The van der Waals surface area contributed by atoms with Crippen molar-refractivity contribution in [1.29, 1.82) is 0 Å². The molecular formula is C24H26BrF2N2O5PS2. The normalized spacial score (nSPS) is 12.6. The van der Waals surface area contributed by atoms with E-state index >= 15 is 0 Å². The maximum Gasteiger partial charge on any atom is 0.399 e. The third-order valence-electron chi connectivity index (χ3n) is 5.74. The molecule has 0 fully saturated rings. The first-order valence-electron chi connectivity index (χ1n) is 11.1. The highest BCUT2D eigenvalue weighted by molar-refractivity contribution is 9.10. The Hall–Kier alpha value is -1.66. The molecule has 37 heavy (non-hydrogen) atoms. The first kappa shape index (κ1) is 29.9. The van der Waals surface area contributed by atoms with E-state index in [4.69, 9.17) is 14.9 Å². The average Bonchev–Trinajstić information content (AvgIpc) is 2.82. The minimum atomic E-state index is -5.65. The van der Waals surface area contributed by atoms with Crippen molar-refractivity contribution in [3.8, 4) is 11.3 Å². The van der Waals surface area contributed by atoms with Crippen molar-refractivity contribution in [3.63, 3.8) is 0 Å². The number of hydrogen-bond donors (Lipinski definition) is 3. The molecule has 0 saturated carbocycles. The largest absolute Gasteiger partial charge is 0.399 e. The molecule has 0 unspecified atom stereocenters. The summed E-state index contributed by atoms with van der Waals surface area (Å²) in [4.78, 5) is 22.6. The Morgan fingerprint density at radius 2 is 1.70 bits per heavy atom. The molecular weight excluding hydrogens is 609 g/mol. The minimum absolute atomic E-state index is 0.0786. The fourth-order valence-electron chi connectivity index (χ4n) is 3.90. The highest BCUT2D eigenvalue weighted by Gasteiger charge is 2.51. The molecule has 13 heteroatoms. The van der Waals surface area contributed by atoms with Crippen molar-refractivity contribution in [2.24, 2.45) is 5.14 Å². The molecule has 0 atom stereocenters. The second-order valence-electron chi connectivity index (χ2n) is 8.27. The number of rotatable bonds is 10. The van der Waals surface area contributed by atoms with Crippen LogP contribution < -0.4 is 5.14 Å². The van der Waals surface area contributed by atoms with Crippen molar-refractivity contribution in [3.05, 3.63) is 81.0 Å². The van der Waals surface area contributed by atoms with Crippen LogP contribution in [0.4, 0.5) is 8.78 Å². The lowest BCUT2D eigenvalue weighted by atomic mass is 9.94. The third kappa shape index (κ3) is 6.68. The van der Waals surface area contributed by atoms with Gasteiger partial charge in [-0.1, -0.05) is 54.0 Å². The number of halogens is 3. The van der Waals surface area contributed by atoms with Gasteiger partial charge in [0, 0.05) is 33.3 Å². The molecule has 3 rings (SSSR count). The van der Waals surface area contributed by atoms with Gasteiger partial charge in [-0.25, -0.2) is 13.6 Å². The van der Waals surface area contributed by atoms with E-state index in [0.717, 1.165) is 22.8 Å². The van der Waals surface area contributed by atoms with Crippen LogP contribution in [0, 0.1) is 0 Å². The molecule has 1 heterocycles. The second-order valence-corrected chi connectivity index (χ2v) is 13.3. The Kier molecular flexibility index (Phi) is 9.38. The lowest BCUT2D eigenvalue weighted by molar-refractivity contribution is 0.0557. The summed E-state index contributed by atoms with van der Waals surface area (Å²) in [6.45, 7) is 3.86. The fourth-order valence-corrected chi connectivity index (χ4v) is 7.01. The maximum absolute atomic E-state index is 14.0. The van der Waals surface area contributed by atoms with Gasteiger partial charge in [0.2, 0.25) is 10.0 Å². The Labute approximate surface area is 227 Å². The second kappa shape index (κ2) is 11.6. The van der Waals surface area contributed by atoms with Crippen molar-refractivity contribution < 1.29 is 31.6 Å². The van der Waals surface area contributed by atoms with Crippen LogP contribution in [-0.4, -0.2) is 23.2 Å². The molecule has 0 aliphatic heterocycles. The summed E-state index contributed by atoms with van der Waals surface area (Å²) in [5.41, 5.74) is -0.409. The Morgan fingerprint density at radius 3 is 2.22 bits per heavy atom. The zero-order valence-electron chi connectivity index (χ0n) is 20.0. The van der Waals surface area contributed by atoms with E-state index in [9.17, 15) is 21.8 Å². The van der Waals surface area contributed by atoms with Crippen LogP contribution in [0.2, 0.25) is 0 Å². The highest BCUT2D eigenvalue weighted by Crippen LogP contribution is 2.60. The number of aromatic nitrogens is 1. The lowest BCUT2D eigenvalue weighted by Gasteiger charge is -2.19. The number of hydrogen-bond acceptors (Lipinski definition) is 5. The summed E-state index contributed by atoms with van der Waals surface area (Å²) in [6, 6.07) is 10.9. The SMILES string of the molecule is CCc1ccc(S(N)(=O)=O)c(CC)c1-c1ccc(CSCc2ccc(C(F)(F)P(=O)(O)O)c(Br)c2)cn1. The lowest BCUT2D eigenvalue weighted by Crippen LogP contribution is -2.15. The zero-order chi connectivity index (χ0) is 27.6. The van der Waals surface area contributed by atoms with E-state index in [-0.39, 0.29) is 9.37 Å². The molecule has 0 aliphatic rings. The Morgan fingerprint density at radius 1 is 1.05 bits per heavy atom. The molecule has 4 N–H and O–H groups in total. The van der Waals surface area contributed by atoms with E-state index in [1.165, 1.54) is 23.9 Å². The zero-order valence-corrected chi connectivity index (χ0v) is 24.1. The standard InChI is InChI=1S/C24H26BrF2N2O5PS2/c1-3-17-7-10-22(37(28,33)34)18(4-2)23(17)21-9-6-16(12-29-21)14-36-13-15-5-8-19(20(25)11-15)24(26,27)35(30,31)32/h5-12H,3-4,13-14H2,1-2H3,(H2,28,33,34)(H2,30,31,32). The number of sulfonamides is 1. The van der Waals surface area contributed by atoms with Crippen molar-refractivity contribution in [2.45, 2.75) is 48.8 Å². The van der Waals surface area contributed by atoms with E-state index in [1.54, 1.807) is 18.3 Å². The highest BCUT2D eigenvalue weighted by atomic mass is 79.9. The molecule has 2 aromatic carbocycles. The number of thioether (sulfide) groups is 1. The van der Waals surface area contributed by atoms with Crippen LogP contribution in [0.15, 0.2) is 58.0 Å². The van der Waals surface area contributed by atoms with Gasteiger partial charge in [-0.2, -0.15) is 20.5 Å².